The molecule has 7 heteroatoms. The zero-order valence-corrected chi connectivity index (χ0v) is 14.9. The number of aryl methyl sites for hydroxylation is 2. The number of aromatic nitrogens is 3. The van der Waals surface area contributed by atoms with Crippen molar-refractivity contribution in [3.05, 3.63) is 53.5 Å². The molecule has 0 saturated carbocycles. The monoisotopic (exact) mass is 351 g/mol. The third kappa shape index (κ3) is 3.13. The van der Waals surface area contributed by atoms with Gasteiger partial charge in [-0.2, -0.15) is 5.10 Å². The highest BCUT2D eigenvalue weighted by atomic mass is 16.5. The molecule has 1 saturated heterocycles. The van der Waals surface area contributed by atoms with E-state index in [1.165, 1.54) is 0 Å². The summed E-state index contributed by atoms with van der Waals surface area (Å²) in [5, 5.41) is 7.20. The van der Waals surface area contributed by atoms with Crippen LogP contribution in [-0.2, 0) is 4.74 Å². The van der Waals surface area contributed by atoms with Crippen molar-refractivity contribution in [2.24, 2.45) is 0 Å². The van der Waals surface area contributed by atoms with E-state index in [-0.39, 0.29) is 5.91 Å². The molecule has 0 radical (unpaired) electrons. The third-order valence-electron chi connectivity index (χ3n) is 4.52. The van der Waals surface area contributed by atoms with Crippen LogP contribution in [0.1, 0.15) is 21.7 Å². The maximum absolute atomic E-state index is 12.7. The first-order valence-corrected chi connectivity index (χ1v) is 8.68. The van der Waals surface area contributed by atoms with Crippen LogP contribution in [0.15, 0.2) is 36.5 Å². The van der Waals surface area contributed by atoms with E-state index >= 15 is 0 Å². The number of carbonyl (C=O) groups is 1. The number of nitrogens with zero attached hydrogens (tertiary/aromatic N) is 4. The highest BCUT2D eigenvalue weighted by Crippen LogP contribution is 2.20. The Balaban J connectivity index is 1.53. The zero-order chi connectivity index (χ0) is 18.1. The van der Waals surface area contributed by atoms with E-state index < -0.39 is 0 Å². The van der Waals surface area contributed by atoms with Crippen molar-refractivity contribution in [2.75, 3.05) is 36.5 Å². The molecule has 1 aromatic carbocycles. The molecule has 3 aromatic rings. The van der Waals surface area contributed by atoms with Gasteiger partial charge in [0.15, 0.2) is 5.65 Å². The molecule has 134 valence electrons. The Morgan fingerprint density at radius 1 is 1.15 bits per heavy atom. The quantitative estimate of drug-likeness (QED) is 0.785. The Bertz CT molecular complexity index is 942. The van der Waals surface area contributed by atoms with Crippen LogP contribution >= 0.6 is 0 Å². The first-order valence-electron chi connectivity index (χ1n) is 8.68. The minimum atomic E-state index is -0.211. The predicted molar refractivity (Wildman–Crippen MR) is 99.9 cm³/mol. The van der Waals surface area contributed by atoms with Gasteiger partial charge in [0.05, 0.1) is 19.4 Å². The SMILES string of the molecule is Cc1cc(C)n2ncc(C(=O)Nc3ccc(N4CCOCC4)cc3)c2n1. The summed E-state index contributed by atoms with van der Waals surface area (Å²) in [6.45, 7) is 7.13. The molecule has 1 fully saturated rings. The predicted octanol–water partition coefficient (Wildman–Crippen LogP) is 2.44. The zero-order valence-electron chi connectivity index (χ0n) is 14.9. The number of nitrogens with one attached hydrogen (secondary N) is 1. The second kappa shape index (κ2) is 6.76. The van der Waals surface area contributed by atoms with Crippen molar-refractivity contribution in [2.45, 2.75) is 13.8 Å². The van der Waals surface area contributed by atoms with E-state index in [4.69, 9.17) is 4.74 Å². The van der Waals surface area contributed by atoms with Gasteiger partial charge in [0.2, 0.25) is 0 Å². The molecule has 26 heavy (non-hydrogen) atoms. The molecule has 0 bridgehead atoms. The van der Waals surface area contributed by atoms with Gasteiger partial charge in [-0.3, -0.25) is 4.79 Å². The third-order valence-corrected chi connectivity index (χ3v) is 4.52. The molecule has 2 aromatic heterocycles. The Hall–Kier alpha value is -2.93. The summed E-state index contributed by atoms with van der Waals surface area (Å²) >= 11 is 0. The van der Waals surface area contributed by atoms with Crippen molar-refractivity contribution in [1.29, 1.82) is 0 Å². The van der Waals surface area contributed by atoms with E-state index in [0.717, 1.165) is 49.1 Å². The number of hydrogen-bond acceptors (Lipinski definition) is 5. The molecule has 0 atom stereocenters. The topological polar surface area (TPSA) is 71.8 Å². The van der Waals surface area contributed by atoms with Crippen LogP contribution in [-0.4, -0.2) is 46.8 Å². The van der Waals surface area contributed by atoms with E-state index in [1.54, 1.807) is 10.7 Å². The highest BCUT2D eigenvalue weighted by Gasteiger charge is 2.16. The molecule has 1 N–H and O–H groups in total. The summed E-state index contributed by atoms with van der Waals surface area (Å²) in [5.74, 6) is -0.211. The molecular formula is C19H21N5O2. The number of morpholine rings is 1. The fraction of sp³-hybridized carbons (Fsp3) is 0.316. The number of fused-ring (bicyclic) bond motifs is 1. The van der Waals surface area contributed by atoms with E-state index in [9.17, 15) is 4.79 Å². The van der Waals surface area contributed by atoms with Gasteiger partial charge in [0.1, 0.15) is 5.56 Å². The summed E-state index contributed by atoms with van der Waals surface area (Å²) in [7, 11) is 0. The number of anilines is 2. The lowest BCUT2D eigenvalue weighted by Crippen LogP contribution is -2.36. The second-order valence-corrected chi connectivity index (χ2v) is 6.43. The summed E-state index contributed by atoms with van der Waals surface area (Å²) in [4.78, 5) is 19.4. The van der Waals surface area contributed by atoms with Crippen molar-refractivity contribution in [1.82, 2.24) is 14.6 Å². The number of carbonyl (C=O) groups excluding carboxylic acids is 1. The maximum atomic E-state index is 12.7. The van der Waals surface area contributed by atoms with E-state index in [1.807, 2.05) is 44.2 Å². The number of benzene rings is 1. The van der Waals surface area contributed by atoms with Gasteiger partial charge in [0.25, 0.3) is 5.91 Å². The molecular weight excluding hydrogens is 330 g/mol. The Kier molecular flexibility index (Phi) is 4.30. The van der Waals surface area contributed by atoms with Crippen LogP contribution in [0.2, 0.25) is 0 Å². The molecule has 4 rings (SSSR count). The van der Waals surface area contributed by atoms with Gasteiger partial charge in [-0.15, -0.1) is 0 Å². The van der Waals surface area contributed by atoms with Crippen LogP contribution in [0, 0.1) is 13.8 Å². The van der Waals surface area contributed by atoms with Crippen molar-refractivity contribution in [3.63, 3.8) is 0 Å². The Labute approximate surface area is 151 Å². The first-order chi connectivity index (χ1) is 12.6. The van der Waals surface area contributed by atoms with E-state index in [2.05, 4.69) is 20.3 Å². The van der Waals surface area contributed by atoms with Gasteiger partial charge >= 0.3 is 0 Å². The molecule has 1 aliphatic rings. The van der Waals surface area contributed by atoms with Crippen LogP contribution < -0.4 is 10.2 Å². The number of hydrogen-bond donors (Lipinski definition) is 1. The van der Waals surface area contributed by atoms with Gasteiger partial charge in [-0.1, -0.05) is 0 Å². The Morgan fingerprint density at radius 2 is 1.88 bits per heavy atom. The molecule has 0 unspecified atom stereocenters. The van der Waals surface area contributed by atoms with Crippen LogP contribution in [0.25, 0.3) is 5.65 Å². The van der Waals surface area contributed by atoms with Gasteiger partial charge in [-0.05, 0) is 44.2 Å². The smallest absolute Gasteiger partial charge is 0.261 e. The molecule has 0 aliphatic carbocycles. The van der Waals surface area contributed by atoms with Gasteiger partial charge < -0.3 is 15.0 Å². The van der Waals surface area contributed by atoms with Gasteiger partial charge in [0, 0.05) is 35.9 Å². The minimum Gasteiger partial charge on any atom is -0.378 e. The second-order valence-electron chi connectivity index (χ2n) is 6.43. The first kappa shape index (κ1) is 16.5. The normalized spacial score (nSPS) is 14.6. The molecule has 0 spiro atoms. The molecule has 1 amide bonds. The lowest BCUT2D eigenvalue weighted by atomic mass is 10.2. The average Bonchev–Trinajstić information content (AvgIpc) is 3.07. The summed E-state index contributed by atoms with van der Waals surface area (Å²) in [5.41, 5.74) is 4.73. The summed E-state index contributed by atoms with van der Waals surface area (Å²) in [6, 6.07) is 9.80. The number of ether oxygens (including phenoxy) is 1. The fourth-order valence-electron chi connectivity index (χ4n) is 3.21. The molecule has 3 heterocycles. The number of rotatable bonds is 3. The van der Waals surface area contributed by atoms with Crippen LogP contribution in [0.3, 0.4) is 0 Å². The average molecular weight is 351 g/mol. The summed E-state index contributed by atoms with van der Waals surface area (Å²) < 4.78 is 7.06. The lowest BCUT2D eigenvalue weighted by molar-refractivity contribution is 0.102. The van der Waals surface area contributed by atoms with Crippen molar-refractivity contribution < 1.29 is 9.53 Å². The largest absolute Gasteiger partial charge is 0.378 e. The van der Waals surface area contributed by atoms with Crippen LogP contribution in [0.5, 0.6) is 0 Å². The minimum absolute atomic E-state index is 0.211. The summed E-state index contributed by atoms with van der Waals surface area (Å²) in [6.07, 6.45) is 1.56. The van der Waals surface area contributed by atoms with Crippen molar-refractivity contribution in [3.8, 4) is 0 Å². The van der Waals surface area contributed by atoms with Gasteiger partial charge in [-0.25, -0.2) is 9.50 Å². The molecule has 7 nitrogen and oxygen atoms in total. The lowest BCUT2D eigenvalue weighted by Gasteiger charge is -2.28. The van der Waals surface area contributed by atoms with E-state index in [0.29, 0.717) is 11.2 Å². The van der Waals surface area contributed by atoms with Crippen LogP contribution in [0.4, 0.5) is 11.4 Å². The standard InChI is InChI=1S/C19H21N5O2/c1-13-11-14(2)24-18(21-13)17(12-20-24)19(25)22-15-3-5-16(6-4-15)23-7-9-26-10-8-23/h3-6,11-12H,7-10H2,1-2H3,(H,22,25). The maximum Gasteiger partial charge on any atom is 0.261 e. The highest BCUT2D eigenvalue weighted by molar-refractivity contribution is 6.08. The van der Waals surface area contributed by atoms with Crippen molar-refractivity contribution >= 4 is 22.9 Å². The number of amides is 1. The fourth-order valence-corrected chi connectivity index (χ4v) is 3.21. The molecule has 1 aliphatic heterocycles. The Morgan fingerprint density at radius 3 is 2.62 bits per heavy atom.